The van der Waals surface area contributed by atoms with Crippen LogP contribution in [0.4, 0.5) is 4.79 Å². The number of aryl methyl sites for hydroxylation is 2. The minimum Gasteiger partial charge on any atom is -0.334 e. The summed E-state index contributed by atoms with van der Waals surface area (Å²) in [5.74, 6) is 0.597. The molecule has 8 heteroatoms. The Kier molecular flexibility index (Phi) is 4.24. The van der Waals surface area contributed by atoms with Crippen molar-refractivity contribution in [3.8, 4) is 0 Å². The zero-order valence-corrected chi connectivity index (χ0v) is 11.7. The lowest BCUT2D eigenvalue weighted by Gasteiger charge is -2.13. The van der Waals surface area contributed by atoms with Crippen LogP contribution in [0, 0.1) is 6.92 Å². The molecule has 0 spiro atoms. The van der Waals surface area contributed by atoms with Gasteiger partial charge in [-0.15, -0.1) is 5.10 Å². The number of carbonyl (C=O) groups excluding carboxylic acids is 1. The van der Waals surface area contributed by atoms with Crippen LogP contribution in [0.2, 0.25) is 0 Å². The van der Waals surface area contributed by atoms with E-state index in [1.165, 1.54) is 4.68 Å². The highest BCUT2D eigenvalue weighted by Gasteiger charge is 2.14. The van der Waals surface area contributed by atoms with Gasteiger partial charge in [0, 0.05) is 25.5 Å². The number of hydrogen-bond acceptors (Lipinski definition) is 5. The van der Waals surface area contributed by atoms with E-state index in [0.29, 0.717) is 12.4 Å². The van der Waals surface area contributed by atoms with Gasteiger partial charge in [0.25, 0.3) is 0 Å². The van der Waals surface area contributed by atoms with Crippen molar-refractivity contribution in [3.63, 3.8) is 0 Å². The second kappa shape index (κ2) is 6.09. The van der Waals surface area contributed by atoms with Gasteiger partial charge in [-0.25, -0.2) is 9.48 Å². The molecule has 1 atom stereocenters. The van der Waals surface area contributed by atoms with Gasteiger partial charge in [-0.2, -0.15) is 0 Å². The Morgan fingerprint density at radius 3 is 2.95 bits per heavy atom. The van der Waals surface area contributed by atoms with Crippen LogP contribution >= 0.6 is 0 Å². The highest BCUT2D eigenvalue weighted by atomic mass is 16.2. The van der Waals surface area contributed by atoms with E-state index in [2.05, 4.69) is 31.1 Å². The average molecular weight is 275 g/mol. The zero-order chi connectivity index (χ0) is 14.5. The van der Waals surface area contributed by atoms with Crippen molar-refractivity contribution in [1.82, 2.24) is 35.8 Å². The Morgan fingerprint density at radius 2 is 2.30 bits per heavy atom. The van der Waals surface area contributed by atoms with E-state index in [-0.39, 0.29) is 12.1 Å². The van der Waals surface area contributed by atoms with E-state index in [9.17, 15) is 4.79 Å². The Morgan fingerprint density at radius 1 is 1.50 bits per heavy atom. The van der Waals surface area contributed by atoms with Gasteiger partial charge in [0.15, 0.2) is 5.82 Å². The molecule has 2 N–H and O–H groups in total. The lowest BCUT2D eigenvalue weighted by atomic mass is 10.2. The standard InChI is InChI=1S/C12H17N7O/c1-8-6-10(4-5-13-8)7-14-12(20)15-9(2)11-16-17-18-19(11)3/h4-6,9H,7H2,1-3H3,(H2,14,15,20). The fraction of sp³-hybridized carbons (Fsp3) is 0.417. The van der Waals surface area contributed by atoms with Crippen LogP contribution in [-0.2, 0) is 13.6 Å². The van der Waals surface area contributed by atoms with Gasteiger partial charge in [-0.1, -0.05) is 0 Å². The number of aromatic nitrogens is 5. The van der Waals surface area contributed by atoms with Gasteiger partial charge >= 0.3 is 6.03 Å². The monoisotopic (exact) mass is 275 g/mol. The summed E-state index contributed by atoms with van der Waals surface area (Å²) in [6.45, 7) is 4.17. The molecule has 0 fully saturated rings. The summed E-state index contributed by atoms with van der Waals surface area (Å²) in [6, 6.07) is 3.25. The summed E-state index contributed by atoms with van der Waals surface area (Å²) >= 11 is 0. The van der Waals surface area contributed by atoms with Crippen molar-refractivity contribution in [2.45, 2.75) is 26.4 Å². The first-order valence-corrected chi connectivity index (χ1v) is 6.24. The number of nitrogens with zero attached hydrogens (tertiary/aromatic N) is 5. The van der Waals surface area contributed by atoms with Crippen molar-refractivity contribution >= 4 is 6.03 Å². The van der Waals surface area contributed by atoms with E-state index in [1.54, 1.807) is 13.2 Å². The first kappa shape index (κ1) is 13.9. The number of rotatable bonds is 4. The fourth-order valence-corrected chi connectivity index (χ4v) is 1.81. The predicted octanol–water partition coefficient (Wildman–Crippen LogP) is 0.474. The normalized spacial score (nSPS) is 11.9. The van der Waals surface area contributed by atoms with E-state index in [1.807, 2.05) is 26.0 Å². The van der Waals surface area contributed by atoms with Gasteiger partial charge in [0.1, 0.15) is 0 Å². The SMILES string of the molecule is Cc1cc(CNC(=O)NC(C)c2nnnn2C)ccn1. The molecule has 1 unspecified atom stereocenters. The molecule has 0 aliphatic heterocycles. The molecule has 0 saturated heterocycles. The summed E-state index contributed by atoms with van der Waals surface area (Å²) in [6.07, 6.45) is 1.72. The second-order valence-corrected chi connectivity index (χ2v) is 4.51. The third-order valence-electron chi connectivity index (χ3n) is 2.80. The summed E-state index contributed by atoms with van der Waals surface area (Å²) < 4.78 is 1.52. The molecule has 106 valence electrons. The maximum atomic E-state index is 11.8. The topological polar surface area (TPSA) is 97.6 Å². The lowest BCUT2D eigenvalue weighted by Crippen LogP contribution is -2.37. The molecule has 2 aromatic rings. The van der Waals surface area contributed by atoms with Crippen molar-refractivity contribution in [2.75, 3.05) is 0 Å². The molecule has 0 bridgehead atoms. The zero-order valence-electron chi connectivity index (χ0n) is 11.7. The fourth-order valence-electron chi connectivity index (χ4n) is 1.81. The van der Waals surface area contributed by atoms with Gasteiger partial charge in [-0.05, 0) is 42.0 Å². The second-order valence-electron chi connectivity index (χ2n) is 4.51. The Hall–Kier alpha value is -2.51. The first-order valence-electron chi connectivity index (χ1n) is 6.24. The highest BCUT2D eigenvalue weighted by molar-refractivity contribution is 5.74. The number of urea groups is 1. The average Bonchev–Trinajstić information content (AvgIpc) is 2.83. The third-order valence-corrected chi connectivity index (χ3v) is 2.80. The number of amides is 2. The van der Waals surface area contributed by atoms with E-state index >= 15 is 0 Å². The molecule has 0 aliphatic carbocycles. The summed E-state index contributed by atoms with van der Waals surface area (Å²) in [7, 11) is 1.73. The van der Waals surface area contributed by atoms with Crippen molar-refractivity contribution < 1.29 is 4.79 Å². The van der Waals surface area contributed by atoms with Crippen LogP contribution in [0.15, 0.2) is 18.3 Å². The maximum Gasteiger partial charge on any atom is 0.315 e. The minimum absolute atomic E-state index is 0.269. The quantitative estimate of drug-likeness (QED) is 0.845. The number of nitrogens with one attached hydrogen (secondary N) is 2. The van der Waals surface area contributed by atoms with E-state index in [0.717, 1.165) is 11.3 Å². The Balaban J connectivity index is 1.85. The van der Waals surface area contributed by atoms with Crippen LogP contribution in [0.3, 0.4) is 0 Å². The Bertz CT molecular complexity index is 595. The third kappa shape index (κ3) is 3.50. The summed E-state index contributed by atoms with van der Waals surface area (Å²) in [4.78, 5) is 15.9. The molecule has 20 heavy (non-hydrogen) atoms. The number of pyridine rings is 1. The molecule has 0 radical (unpaired) electrons. The molecular weight excluding hydrogens is 258 g/mol. The molecule has 2 heterocycles. The van der Waals surface area contributed by atoms with Crippen LogP contribution in [-0.4, -0.2) is 31.2 Å². The number of tetrazole rings is 1. The van der Waals surface area contributed by atoms with Gasteiger partial charge in [-0.3, -0.25) is 4.98 Å². The smallest absolute Gasteiger partial charge is 0.315 e. The molecule has 0 aromatic carbocycles. The van der Waals surface area contributed by atoms with E-state index < -0.39 is 0 Å². The first-order chi connectivity index (χ1) is 9.56. The molecule has 2 rings (SSSR count). The van der Waals surface area contributed by atoms with Crippen molar-refractivity contribution in [3.05, 3.63) is 35.4 Å². The maximum absolute atomic E-state index is 11.8. The lowest BCUT2D eigenvalue weighted by molar-refractivity contribution is 0.237. The summed E-state index contributed by atoms with van der Waals surface area (Å²) in [5.41, 5.74) is 1.92. The van der Waals surface area contributed by atoms with Crippen LogP contribution < -0.4 is 10.6 Å². The van der Waals surface area contributed by atoms with Gasteiger partial charge in [0.2, 0.25) is 0 Å². The largest absolute Gasteiger partial charge is 0.334 e. The van der Waals surface area contributed by atoms with Crippen molar-refractivity contribution in [2.24, 2.45) is 7.05 Å². The number of carbonyl (C=O) groups is 1. The van der Waals surface area contributed by atoms with Crippen LogP contribution in [0.1, 0.15) is 30.0 Å². The van der Waals surface area contributed by atoms with E-state index in [4.69, 9.17) is 0 Å². The minimum atomic E-state index is -0.269. The van der Waals surface area contributed by atoms with Crippen LogP contribution in [0.5, 0.6) is 0 Å². The van der Waals surface area contributed by atoms with Crippen LogP contribution in [0.25, 0.3) is 0 Å². The number of hydrogen-bond donors (Lipinski definition) is 2. The predicted molar refractivity (Wildman–Crippen MR) is 71.6 cm³/mol. The van der Waals surface area contributed by atoms with Gasteiger partial charge < -0.3 is 10.6 Å². The molecule has 2 amide bonds. The molecule has 0 aliphatic rings. The Labute approximate surface area is 116 Å². The molecule has 0 saturated carbocycles. The molecule has 2 aromatic heterocycles. The summed E-state index contributed by atoms with van der Waals surface area (Å²) in [5, 5.41) is 16.7. The highest BCUT2D eigenvalue weighted by Crippen LogP contribution is 2.05. The molecule has 8 nitrogen and oxygen atoms in total. The van der Waals surface area contributed by atoms with Gasteiger partial charge in [0.05, 0.1) is 6.04 Å². The molecular formula is C12H17N7O. The van der Waals surface area contributed by atoms with Crippen molar-refractivity contribution in [1.29, 1.82) is 0 Å².